The van der Waals surface area contributed by atoms with Gasteiger partial charge >= 0.3 is 0 Å². The second kappa shape index (κ2) is 5.11. The molecule has 1 aromatic carbocycles. The van der Waals surface area contributed by atoms with Gasteiger partial charge in [-0.15, -0.1) is 0 Å². The van der Waals surface area contributed by atoms with Gasteiger partial charge in [0.2, 0.25) is 0 Å². The monoisotopic (exact) mass is 298 g/mol. The first-order valence-electron chi connectivity index (χ1n) is 6.70. The number of ether oxygens (including phenoxy) is 2. The van der Waals surface area contributed by atoms with Crippen molar-refractivity contribution >= 4 is 10.1 Å². The summed E-state index contributed by atoms with van der Waals surface area (Å²) in [5.74, 6) is 0.274. The zero-order valence-corrected chi connectivity index (χ0v) is 12.3. The predicted molar refractivity (Wildman–Crippen MR) is 71.9 cm³/mol. The van der Waals surface area contributed by atoms with Crippen LogP contribution in [0.4, 0.5) is 0 Å². The largest absolute Gasteiger partial charge is 0.372 e. The molecule has 0 aliphatic carbocycles. The van der Waals surface area contributed by atoms with E-state index in [1.165, 1.54) is 0 Å². The lowest BCUT2D eigenvalue weighted by molar-refractivity contribution is 0.0328. The number of rotatable bonds is 3. The van der Waals surface area contributed by atoms with E-state index in [9.17, 15) is 8.42 Å². The maximum atomic E-state index is 12.2. The van der Waals surface area contributed by atoms with E-state index in [1.807, 2.05) is 13.8 Å². The Balaban J connectivity index is 1.76. The first-order chi connectivity index (χ1) is 9.47. The Morgan fingerprint density at radius 2 is 1.75 bits per heavy atom. The van der Waals surface area contributed by atoms with Crippen LogP contribution in [0.15, 0.2) is 29.2 Å². The third-order valence-corrected chi connectivity index (χ3v) is 5.17. The van der Waals surface area contributed by atoms with Crippen molar-refractivity contribution in [3.63, 3.8) is 0 Å². The molecule has 4 atom stereocenters. The summed E-state index contributed by atoms with van der Waals surface area (Å²) in [4.78, 5) is 0.164. The second-order valence-corrected chi connectivity index (χ2v) is 7.05. The van der Waals surface area contributed by atoms with E-state index in [2.05, 4.69) is 0 Å². The predicted octanol–water partition coefficient (Wildman–Crippen LogP) is 1.50. The summed E-state index contributed by atoms with van der Waals surface area (Å²) in [6.07, 6.45) is -0.908. The van der Waals surface area contributed by atoms with Crippen molar-refractivity contribution in [1.82, 2.24) is 0 Å². The van der Waals surface area contributed by atoms with Crippen LogP contribution >= 0.6 is 0 Å². The smallest absolute Gasteiger partial charge is 0.297 e. The zero-order chi connectivity index (χ0) is 14.3. The van der Waals surface area contributed by atoms with Gasteiger partial charge in [0.1, 0.15) is 12.2 Å². The topological polar surface area (TPSA) is 61.8 Å². The Kier molecular flexibility index (Phi) is 3.58. The van der Waals surface area contributed by atoms with E-state index >= 15 is 0 Å². The fourth-order valence-corrected chi connectivity index (χ4v) is 3.73. The van der Waals surface area contributed by atoms with Crippen molar-refractivity contribution < 1.29 is 22.1 Å². The highest BCUT2D eigenvalue weighted by Crippen LogP contribution is 2.33. The van der Waals surface area contributed by atoms with Crippen LogP contribution in [0.1, 0.15) is 12.5 Å². The molecule has 0 bridgehead atoms. The molecule has 6 heteroatoms. The second-order valence-electron chi connectivity index (χ2n) is 5.48. The SMILES string of the molecule is Cc1ccc(S(=O)(=O)O[C@@H]2COC3C2OC[C@H]3C)cc1. The molecule has 5 nitrogen and oxygen atoms in total. The van der Waals surface area contributed by atoms with E-state index < -0.39 is 16.2 Å². The number of fused-ring (bicyclic) bond motifs is 1. The average molecular weight is 298 g/mol. The van der Waals surface area contributed by atoms with Crippen LogP contribution in [0.5, 0.6) is 0 Å². The van der Waals surface area contributed by atoms with E-state index in [-0.39, 0.29) is 29.6 Å². The quantitative estimate of drug-likeness (QED) is 0.791. The van der Waals surface area contributed by atoms with Gasteiger partial charge in [-0.05, 0) is 19.1 Å². The molecule has 0 spiro atoms. The maximum Gasteiger partial charge on any atom is 0.297 e. The van der Waals surface area contributed by atoms with Crippen molar-refractivity contribution in [2.75, 3.05) is 13.2 Å². The number of hydrogen-bond donors (Lipinski definition) is 0. The molecule has 0 radical (unpaired) electrons. The minimum absolute atomic E-state index is 0.0618. The minimum atomic E-state index is -3.78. The molecule has 0 saturated carbocycles. The van der Waals surface area contributed by atoms with Crippen molar-refractivity contribution in [3.8, 4) is 0 Å². The summed E-state index contributed by atoms with van der Waals surface area (Å²) in [5, 5.41) is 0. The third-order valence-electron chi connectivity index (χ3n) is 3.82. The Bertz CT molecular complexity index is 580. The summed E-state index contributed by atoms with van der Waals surface area (Å²) >= 11 is 0. The van der Waals surface area contributed by atoms with Crippen molar-refractivity contribution in [2.45, 2.75) is 37.1 Å². The first kappa shape index (κ1) is 14.0. The molecule has 2 saturated heterocycles. The molecular formula is C14H18O5S. The molecule has 20 heavy (non-hydrogen) atoms. The standard InChI is InChI=1S/C14H18O5S/c1-9-3-5-11(6-4-9)20(15,16)19-12-8-18-13-10(2)7-17-14(12)13/h3-6,10,12-14H,7-8H2,1-2H3/t10-,12-,13?,14?/m1/s1. The number of aryl methyl sites for hydroxylation is 1. The first-order valence-corrected chi connectivity index (χ1v) is 8.11. The van der Waals surface area contributed by atoms with Gasteiger partial charge in [-0.25, -0.2) is 0 Å². The lowest BCUT2D eigenvalue weighted by Gasteiger charge is -2.16. The third kappa shape index (κ3) is 2.48. The fourth-order valence-electron chi connectivity index (χ4n) is 2.66. The number of hydrogen-bond acceptors (Lipinski definition) is 5. The highest BCUT2D eigenvalue weighted by molar-refractivity contribution is 7.86. The van der Waals surface area contributed by atoms with Crippen LogP contribution in [0.2, 0.25) is 0 Å². The summed E-state index contributed by atoms with van der Waals surface area (Å²) in [6, 6.07) is 6.60. The van der Waals surface area contributed by atoms with E-state index in [1.54, 1.807) is 24.3 Å². The van der Waals surface area contributed by atoms with Gasteiger partial charge < -0.3 is 9.47 Å². The normalized spacial score (nSPS) is 33.3. The summed E-state index contributed by atoms with van der Waals surface area (Å²) in [7, 11) is -3.78. The molecule has 0 N–H and O–H groups in total. The van der Waals surface area contributed by atoms with Crippen LogP contribution < -0.4 is 0 Å². The highest BCUT2D eigenvalue weighted by atomic mass is 32.2. The Labute approximate surface area is 119 Å². The highest BCUT2D eigenvalue weighted by Gasteiger charge is 2.48. The zero-order valence-electron chi connectivity index (χ0n) is 11.5. The van der Waals surface area contributed by atoms with Crippen LogP contribution in [-0.2, 0) is 23.8 Å². The van der Waals surface area contributed by atoms with E-state index in [4.69, 9.17) is 13.7 Å². The van der Waals surface area contributed by atoms with Crippen LogP contribution in [0, 0.1) is 12.8 Å². The van der Waals surface area contributed by atoms with Crippen LogP contribution in [0.3, 0.4) is 0 Å². The summed E-state index contributed by atoms with van der Waals surface area (Å²) in [5.41, 5.74) is 1.00. The van der Waals surface area contributed by atoms with Gasteiger partial charge in [0.05, 0.1) is 24.2 Å². The van der Waals surface area contributed by atoms with Gasteiger partial charge in [0, 0.05) is 5.92 Å². The molecule has 2 aliphatic heterocycles. The van der Waals surface area contributed by atoms with Gasteiger partial charge in [-0.2, -0.15) is 8.42 Å². The van der Waals surface area contributed by atoms with Gasteiger partial charge in [0.15, 0.2) is 0 Å². The summed E-state index contributed by atoms with van der Waals surface area (Å²) in [6.45, 7) is 4.77. The molecule has 2 aliphatic rings. The summed E-state index contributed by atoms with van der Waals surface area (Å²) < 4.78 is 41.0. The van der Waals surface area contributed by atoms with Crippen molar-refractivity contribution in [1.29, 1.82) is 0 Å². The van der Waals surface area contributed by atoms with Gasteiger partial charge in [-0.3, -0.25) is 4.18 Å². The maximum absolute atomic E-state index is 12.2. The molecule has 0 aromatic heterocycles. The Hall–Kier alpha value is -0.950. The molecule has 2 heterocycles. The molecule has 0 amide bonds. The van der Waals surface area contributed by atoms with Crippen LogP contribution in [-0.4, -0.2) is 39.9 Å². The molecule has 2 unspecified atom stereocenters. The lowest BCUT2D eigenvalue weighted by Crippen LogP contribution is -2.32. The van der Waals surface area contributed by atoms with Crippen LogP contribution in [0.25, 0.3) is 0 Å². The van der Waals surface area contributed by atoms with Crippen molar-refractivity contribution in [2.24, 2.45) is 5.92 Å². The van der Waals surface area contributed by atoms with Gasteiger partial charge in [-0.1, -0.05) is 24.6 Å². The Morgan fingerprint density at radius 1 is 1.10 bits per heavy atom. The Morgan fingerprint density at radius 3 is 2.45 bits per heavy atom. The molecule has 2 fully saturated rings. The van der Waals surface area contributed by atoms with E-state index in [0.29, 0.717) is 6.61 Å². The molecular weight excluding hydrogens is 280 g/mol. The lowest BCUT2D eigenvalue weighted by atomic mass is 10.0. The van der Waals surface area contributed by atoms with E-state index in [0.717, 1.165) is 5.56 Å². The average Bonchev–Trinajstić information content (AvgIpc) is 2.95. The van der Waals surface area contributed by atoms with Gasteiger partial charge in [0.25, 0.3) is 10.1 Å². The number of benzene rings is 1. The minimum Gasteiger partial charge on any atom is -0.372 e. The fraction of sp³-hybridized carbons (Fsp3) is 0.571. The molecule has 3 rings (SSSR count). The van der Waals surface area contributed by atoms with Crippen molar-refractivity contribution in [3.05, 3.63) is 29.8 Å². The molecule has 110 valence electrons. The molecule has 1 aromatic rings.